The lowest BCUT2D eigenvalue weighted by Crippen LogP contribution is -2.57. The Bertz CT molecular complexity index is 480. The smallest absolute Gasteiger partial charge is 0.171 e. The summed E-state index contributed by atoms with van der Waals surface area (Å²) in [7, 11) is 0. The largest absolute Gasteiger partial charge is 0.394 e. The molecule has 0 aromatic rings. The molecule has 4 aliphatic rings. The second-order valence-electron chi connectivity index (χ2n) is 9.75. The van der Waals surface area contributed by atoms with Gasteiger partial charge in [0.25, 0.3) is 0 Å². The van der Waals surface area contributed by atoms with Crippen molar-refractivity contribution in [3.63, 3.8) is 0 Å². The van der Waals surface area contributed by atoms with Crippen LogP contribution < -0.4 is 0 Å². The summed E-state index contributed by atoms with van der Waals surface area (Å²) < 4.78 is 5.83. The lowest BCUT2D eigenvalue weighted by Gasteiger charge is -2.61. The maximum absolute atomic E-state index is 11.2. The van der Waals surface area contributed by atoms with Crippen LogP contribution in [0.1, 0.15) is 78.1 Å². The fourth-order valence-electron chi connectivity index (χ4n) is 7.72. The van der Waals surface area contributed by atoms with Gasteiger partial charge in [0.1, 0.15) is 0 Å². The van der Waals surface area contributed by atoms with Crippen LogP contribution in [0.2, 0.25) is 0 Å². The highest BCUT2D eigenvalue weighted by molar-refractivity contribution is 5.11. The van der Waals surface area contributed by atoms with Crippen LogP contribution >= 0.6 is 0 Å². The van der Waals surface area contributed by atoms with E-state index in [1.807, 2.05) is 0 Å². The summed E-state index contributed by atoms with van der Waals surface area (Å²) in [5.74, 6) is 2.16. The van der Waals surface area contributed by atoms with Crippen LogP contribution in [0.5, 0.6) is 0 Å². The van der Waals surface area contributed by atoms with Crippen molar-refractivity contribution >= 4 is 0 Å². The minimum absolute atomic E-state index is 0.00510. The summed E-state index contributed by atoms with van der Waals surface area (Å²) in [5.41, 5.74) is 0.427. The molecule has 0 saturated heterocycles. The first-order valence-corrected chi connectivity index (χ1v) is 10.4. The van der Waals surface area contributed by atoms with Gasteiger partial charge in [-0.2, -0.15) is 0 Å². The van der Waals surface area contributed by atoms with Crippen LogP contribution in [0, 0.1) is 34.5 Å². The summed E-state index contributed by atoms with van der Waals surface area (Å²) in [6.07, 6.45) is 12.7. The molecule has 0 aromatic carbocycles. The Kier molecular flexibility index (Phi) is 4.29. The van der Waals surface area contributed by atoms with E-state index in [9.17, 15) is 5.11 Å². The normalized spacial score (nSPS) is 54.0. The van der Waals surface area contributed by atoms with Crippen molar-refractivity contribution in [2.45, 2.75) is 83.8 Å². The van der Waals surface area contributed by atoms with Crippen LogP contribution in [0.25, 0.3) is 0 Å². The van der Waals surface area contributed by atoms with E-state index in [2.05, 4.69) is 13.8 Å². The summed E-state index contributed by atoms with van der Waals surface area (Å²) in [6.45, 7) is 5.12. The molecule has 0 amide bonds. The Morgan fingerprint density at radius 2 is 1.71 bits per heavy atom. The number of hydrogen-bond donors (Lipinski definition) is 2. The molecule has 3 nitrogen and oxygen atoms in total. The van der Waals surface area contributed by atoms with Gasteiger partial charge in [0.05, 0.1) is 13.2 Å². The molecule has 0 radical (unpaired) electrons. The van der Waals surface area contributed by atoms with E-state index < -0.39 is 5.79 Å². The first kappa shape index (κ1) is 17.3. The Hall–Kier alpha value is -0.120. The van der Waals surface area contributed by atoms with Gasteiger partial charge in [0, 0.05) is 11.8 Å². The van der Waals surface area contributed by atoms with Crippen molar-refractivity contribution in [1.29, 1.82) is 0 Å². The molecule has 4 fully saturated rings. The van der Waals surface area contributed by atoms with Gasteiger partial charge in [-0.1, -0.05) is 26.7 Å². The number of rotatable bonds is 3. The summed E-state index contributed by atoms with van der Waals surface area (Å²) >= 11 is 0. The Labute approximate surface area is 147 Å². The number of fused-ring (bicyclic) bond motifs is 5. The first-order chi connectivity index (χ1) is 11.4. The lowest BCUT2D eigenvalue weighted by atomic mass is 9.45. The molecule has 0 bridgehead atoms. The molecule has 4 saturated carbocycles. The monoisotopic (exact) mass is 336 g/mol. The predicted molar refractivity (Wildman–Crippen MR) is 94.3 cm³/mol. The molecule has 0 heterocycles. The number of hydrogen-bond acceptors (Lipinski definition) is 3. The third-order valence-electron chi connectivity index (χ3n) is 9.09. The van der Waals surface area contributed by atoms with E-state index in [4.69, 9.17) is 9.84 Å². The fourth-order valence-corrected chi connectivity index (χ4v) is 7.72. The molecular weight excluding hydrogens is 300 g/mol. The molecular formula is C21H36O3. The van der Waals surface area contributed by atoms with E-state index in [-0.39, 0.29) is 18.6 Å². The molecule has 4 aliphatic carbocycles. The molecule has 138 valence electrons. The molecule has 4 rings (SSSR count). The molecule has 0 spiro atoms. The highest BCUT2D eigenvalue weighted by Crippen LogP contribution is 2.68. The number of aliphatic hydroxyl groups excluding tert-OH is 1. The molecule has 2 unspecified atom stereocenters. The zero-order chi connectivity index (χ0) is 17.0. The lowest BCUT2D eigenvalue weighted by molar-refractivity contribution is -0.280. The van der Waals surface area contributed by atoms with E-state index in [1.54, 1.807) is 0 Å². The minimum atomic E-state index is -1.02. The molecule has 0 aliphatic heterocycles. The summed E-state index contributed by atoms with van der Waals surface area (Å²) in [5, 5.41) is 20.4. The van der Waals surface area contributed by atoms with Crippen LogP contribution in [0.15, 0.2) is 0 Å². The highest BCUT2D eigenvalue weighted by Gasteiger charge is 2.65. The third kappa shape index (κ3) is 2.27. The highest BCUT2D eigenvalue weighted by atomic mass is 16.6. The standard InChI is InChI=1S/C21H36O3/c1-19-10-4-3-5-15(19)6-7-16-17(19)8-11-20(2)18(16)9-12-21(20,23)24-14-13-22/h15-18,22-23H,3-14H2,1-2H3/t15?,16-,17-,18+,19+,20+,21?/m1/s1. The van der Waals surface area contributed by atoms with Crippen LogP contribution in [0.4, 0.5) is 0 Å². The molecule has 0 aromatic heterocycles. The van der Waals surface area contributed by atoms with Gasteiger partial charge in [-0.3, -0.25) is 0 Å². The summed E-state index contributed by atoms with van der Waals surface area (Å²) in [4.78, 5) is 0. The average Bonchev–Trinajstić information content (AvgIpc) is 2.84. The minimum Gasteiger partial charge on any atom is -0.394 e. The van der Waals surface area contributed by atoms with Crippen LogP contribution in [-0.4, -0.2) is 29.2 Å². The quantitative estimate of drug-likeness (QED) is 0.762. The van der Waals surface area contributed by atoms with Crippen molar-refractivity contribution in [1.82, 2.24) is 0 Å². The Morgan fingerprint density at radius 1 is 0.917 bits per heavy atom. The van der Waals surface area contributed by atoms with Crippen molar-refractivity contribution in [2.75, 3.05) is 13.2 Å². The van der Waals surface area contributed by atoms with Gasteiger partial charge in [0.15, 0.2) is 5.79 Å². The average molecular weight is 337 g/mol. The zero-order valence-corrected chi connectivity index (χ0v) is 15.6. The molecule has 3 heteroatoms. The van der Waals surface area contributed by atoms with E-state index >= 15 is 0 Å². The first-order valence-electron chi connectivity index (χ1n) is 10.4. The van der Waals surface area contributed by atoms with Gasteiger partial charge < -0.3 is 14.9 Å². The van der Waals surface area contributed by atoms with Crippen molar-refractivity contribution in [3.8, 4) is 0 Å². The van der Waals surface area contributed by atoms with E-state index in [0.717, 1.165) is 37.0 Å². The van der Waals surface area contributed by atoms with E-state index in [1.165, 1.54) is 44.9 Å². The molecule has 24 heavy (non-hydrogen) atoms. The van der Waals surface area contributed by atoms with Crippen molar-refractivity contribution in [3.05, 3.63) is 0 Å². The van der Waals surface area contributed by atoms with Gasteiger partial charge in [0.2, 0.25) is 0 Å². The Balaban J connectivity index is 1.59. The second-order valence-corrected chi connectivity index (χ2v) is 9.75. The van der Waals surface area contributed by atoms with Gasteiger partial charge >= 0.3 is 0 Å². The molecule has 2 N–H and O–H groups in total. The number of aliphatic hydroxyl groups is 2. The van der Waals surface area contributed by atoms with Crippen LogP contribution in [0.3, 0.4) is 0 Å². The van der Waals surface area contributed by atoms with E-state index in [0.29, 0.717) is 11.3 Å². The van der Waals surface area contributed by atoms with Crippen LogP contribution in [-0.2, 0) is 4.74 Å². The third-order valence-corrected chi connectivity index (χ3v) is 9.09. The Morgan fingerprint density at radius 3 is 2.50 bits per heavy atom. The SMILES string of the molecule is C[C@]12CCCCC1CC[C@@H]1[C@H]2CC[C@@]2(C)[C@H]1CCC2(O)OCCO. The zero-order valence-electron chi connectivity index (χ0n) is 15.6. The fraction of sp³-hybridized carbons (Fsp3) is 1.00. The van der Waals surface area contributed by atoms with Gasteiger partial charge in [-0.05, 0) is 74.0 Å². The topological polar surface area (TPSA) is 49.7 Å². The molecule has 7 atom stereocenters. The van der Waals surface area contributed by atoms with Gasteiger partial charge in [-0.15, -0.1) is 0 Å². The maximum atomic E-state index is 11.2. The maximum Gasteiger partial charge on any atom is 0.171 e. The van der Waals surface area contributed by atoms with Crippen molar-refractivity contribution < 1.29 is 14.9 Å². The summed E-state index contributed by atoms with van der Waals surface area (Å²) in [6, 6.07) is 0. The van der Waals surface area contributed by atoms with Gasteiger partial charge in [-0.25, -0.2) is 0 Å². The number of ether oxygens (including phenoxy) is 1. The van der Waals surface area contributed by atoms with Crippen molar-refractivity contribution in [2.24, 2.45) is 34.5 Å². The predicted octanol–water partition coefficient (Wildman–Crippen LogP) is 4.12. The second kappa shape index (κ2) is 5.96.